The third-order valence-corrected chi connectivity index (χ3v) is 2.90. The van der Waals surface area contributed by atoms with Crippen LogP contribution in [0.1, 0.15) is 15.9 Å². The number of carbonyl (C=O) groups is 1. The maximum atomic E-state index is 11.8. The van der Waals surface area contributed by atoms with Gasteiger partial charge in [-0.1, -0.05) is 17.7 Å². The van der Waals surface area contributed by atoms with Gasteiger partial charge in [0.05, 0.1) is 11.1 Å². The Kier molecular flexibility index (Phi) is 4.70. The highest BCUT2D eigenvalue weighted by Crippen LogP contribution is 2.25. The summed E-state index contributed by atoms with van der Waals surface area (Å²) < 4.78 is 0. The zero-order valence-corrected chi connectivity index (χ0v) is 11.8. The minimum Gasteiger partial charge on any atom is -0.502 e. The van der Waals surface area contributed by atoms with E-state index in [2.05, 4.69) is 10.5 Å². The Balaban J connectivity index is 2.08. The number of rotatable bonds is 4. The molecule has 2 aromatic carbocycles. The van der Waals surface area contributed by atoms with Crippen LogP contribution in [0, 0.1) is 10.1 Å². The monoisotopic (exact) mass is 319 g/mol. The van der Waals surface area contributed by atoms with Crippen molar-refractivity contribution in [1.29, 1.82) is 0 Å². The molecule has 0 spiro atoms. The van der Waals surface area contributed by atoms with Crippen LogP contribution in [-0.4, -0.2) is 22.2 Å². The number of hydrazone groups is 1. The number of nitro benzene ring substituents is 1. The van der Waals surface area contributed by atoms with E-state index in [4.69, 9.17) is 11.6 Å². The molecule has 2 N–H and O–H groups in total. The summed E-state index contributed by atoms with van der Waals surface area (Å²) in [5.74, 6) is -0.905. The predicted octanol–water partition coefficient (Wildman–Crippen LogP) is 2.72. The Labute approximate surface area is 130 Å². The molecule has 2 rings (SSSR count). The molecule has 0 atom stereocenters. The predicted molar refractivity (Wildman–Crippen MR) is 81.3 cm³/mol. The average molecular weight is 320 g/mol. The summed E-state index contributed by atoms with van der Waals surface area (Å²) in [7, 11) is 0. The van der Waals surface area contributed by atoms with Crippen molar-refractivity contribution in [3.05, 3.63) is 68.7 Å². The minimum atomic E-state index is -0.711. The van der Waals surface area contributed by atoms with Gasteiger partial charge >= 0.3 is 5.69 Å². The molecule has 0 saturated carbocycles. The molecule has 0 aliphatic rings. The molecule has 0 aromatic heterocycles. The number of aromatic hydroxyl groups is 1. The van der Waals surface area contributed by atoms with Gasteiger partial charge in [-0.05, 0) is 30.3 Å². The van der Waals surface area contributed by atoms with Gasteiger partial charge in [0.25, 0.3) is 5.91 Å². The smallest absolute Gasteiger partial charge is 0.311 e. The number of phenolic OH excluding ortho intramolecular Hbond substituents is 1. The zero-order chi connectivity index (χ0) is 16.1. The van der Waals surface area contributed by atoms with Crippen LogP contribution < -0.4 is 5.43 Å². The lowest BCUT2D eigenvalue weighted by molar-refractivity contribution is -0.385. The van der Waals surface area contributed by atoms with Crippen LogP contribution in [0.4, 0.5) is 5.69 Å². The number of benzene rings is 2. The molecule has 0 aliphatic carbocycles. The molecule has 0 aliphatic heterocycles. The Hall–Kier alpha value is -2.93. The second-order valence-electron chi connectivity index (χ2n) is 4.21. The number of carbonyl (C=O) groups excluding carboxylic acids is 1. The number of nitro groups is 1. The molecule has 0 heterocycles. The summed E-state index contributed by atoms with van der Waals surface area (Å²) in [5.41, 5.74) is 2.53. The van der Waals surface area contributed by atoms with Gasteiger partial charge in [-0.3, -0.25) is 14.9 Å². The number of halogens is 1. The third-order valence-electron chi connectivity index (χ3n) is 2.66. The normalized spacial score (nSPS) is 10.6. The fraction of sp³-hybridized carbons (Fsp3) is 0. The van der Waals surface area contributed by atoms with Crippen LogP contribution in [0.15, 0.2) is 47.6 Å². The Morgan fingerprint density at radius 3 is 2.77 bits per heavy atom. The van der Waals surface area contributed by atoms with Crippen molar-refractivity contribution >= 4 is 29.4 Å². The number of phenols is 1. The molecule has 7 nitrogen and oxygen atoms in total. The van der Waals surface area contributed by atoms with E-state index in [0.717, 1.165) is 6.07 Å². The lowest BCUT2D eigenvalue weighted by Crippen LogP contribution is -2.17. The van der Waals surface area contributed by atoms with Gasteiger partial charge in [0, 0.05) is 22.2 Å². The lowest BCUT2D eigenvalue weighted by Gasteiger charge is -2.00. The molecule has 1 amide bonds. The molecule has 22 heavy (non-hydrogen) atoms. The van der Waals surface area contributed by atoms with Gasteiger partial charge in [-0.25, -0.2) is 5.43 Å². The highest BCUT2D eigenvalue weighted by molar-refractivity contribution is 6.30. The van der Waals surface area contributed by atoms with Crippen molar-refractivity contribution in [2.45, 2.75) is 0 Å². The Morgan fingerprint density at radius 1 is 1.32 bits per heavy atom. The van der Waals surface area contributed by atoms with Gasteiger partial charge in [0.1, 0.15) is 0 Å². The van der Waals surface area contributed by atoms with E-state index >= 15 is 0 Å². The summed E-state index contributed by atoms with van der Waals surface area (Å²) in [4.78, 5) is 21.8. The van der Waals surface area contributed by atoms with Gasteiger partial charge in [0.15, 0.2) is 5.75 Å². The highest BCUT2D eigenvalue weighted by atomic mass is 35.5. The zero-order valence-electron chi connectivity index (χ0n) is 11.1. The summed E-state index contributed by atoms with van der Waals surface area (Å²) >= 11 is 5.77. The van der Waals surface area contributed by atoms with Crippen LogP contribution in [0.2, 0.25) is 5.02 Å². The fourth-order valence-electron chi connectivity index (χ4n) is 1.63. The number of nitrogens with one attached hydrogen (secondary N) is 1. The average Bonchev–Trinajstić information content (AvgIpc) is 2.48. The van der Waals surface area contributed by atoms with E-state index in [1.165, 1.54) is 24.4 Å². The van der Waals surface area contributed by atoms with Crippen molar-refractivity contribution in [2.75, 3.05) is 0 Å². The molecular formula is C14H10ClN3O4. The molecule has 0 radical (unpaired) electrons. The van der Waals surface area contributed by atoms with Crippen molar-refractivity contribution < 1.29 is 14.8 Å². The van der Waals surface area contributed by atoms with Crippen LogP contribution in [-0.2, 0) is 0 Å². The van der Waals surface area contributed by atoms with E-state index in [9.17, 15) is 20.0 Å². The van der Waals surface area contributed by atoms with Crippen molar-refractivity contribution in [2.24, 2.45) is 5.10 Å². The molecule has 112 valence electrons. The largest absolute Gasteiger partial charge is 0.502 e. The summed E-state index contributed by atoms with van der Waals surface area (Å²) in [6.45, 7) is 0. The van der Waals surface area contributed by atoms with Gasteiger partial charge in [0.2, 0.25) is 0 Å². The van der Waals surface area contributed by atoms with E-state index in [1.807, 2.05) is 0 Å². The van der Waals surface area contributed by atoms with Gasteiger partial charge in [-0.15, -0.1) is 0 Å². The van der Waals surface area contributed by atoms with Gasteiger partial charge < -0.3 is 5.11 Å². The van der Waals surface area contributed by atoms with E-state index in [0.29, 0.717) is 16.1 Å². The standard InChI is InChI=1S/C14H10ClN3O4/c15-11-3-1-2-10(7-11)14(20)17-16-8-9-4-5-13(19)12(6-9)18(21)22/h1-8,19H,(H,17,20). The third kappa shape index (κ3) is 3.80. The molecule has 2 aromatic rings. The Morgan fingerprint density at radius 2 is 2.09 bits per heavy atom. The second-order valence-corrected chi connectivity index (χ2v) is 4.65. The maximum absolute atomic E-state index is 11.8. The van der Waals surface area contributed by atoms with E-state index < -0.39 is 22.3 Å². The maximum Gasteiger partial charge on any atom is 0.311 e. The molecular weight excluding hydrogens is 310 g/mol. The van der Waals surface area contributed by atoms with Crippen LogP contribution in [0.5, 0.6) is 5.75 Å². The van der Waals surface area contributed by atoms with Crippen LogP contribution >= 0.6 is 11.6 Å². The first kappa shape index (κ1) is 15.5. The number of hydrogen-bond acceptors (Lipinski definition) is 5. The molecule has 8 heteroatoms. The van der Waals surface area contributed by atoms with E-state index in [1.54, 1.807) is 18.2 Å². The van der Waals surface area contributed by atoms with E-state index in [-0.39, 0.29) is 0 Å². The summed E-state index contributed by atoms with van der Waals surface area (Å²) in [5, 5.41) is 24.1. The lowest BCUT2D eigenvalue weighted by atomic mass is 10.2. The van der Waals surface area contributed by atoms with Crippen molar-refractivity contribution in [1.82, 2.24) is 5.43 Å². The van der Waals surface area contributed by atoms with Crippen molar-refractivity contribution in [3.63, 3.8) is 0 Å². The Bertz CT molecular complexity index is 762. The highest BCUT2D eigenvalue weighted by Gasteiger charge is 2.12. The van der Waals surface area contributed by atoms with Crippen LogP contribution in [0.25, 0.3) is 0 Å². The number of amides is 1. The molecule has 0 bridgehead atoms. The fourth-order valence-corrected chi connectivity index (χ4v) is 1.82. The van der Waals surface area contributed by atoms with Crippen LogP contribution in [0.3, 0.4) is 0 Å². The van der Waals surface area contributed by atoms with Crippen molar-refractivity contribution in [3.8, 4) is 5.75 Å². The first-order valence-corrected chi connectivity index (χ1v) is 6.41. The molecule has 0 saturated heterocycles. The minimum absolute atomic E-state index is 0.335. The quantitative estimate of drug-likeness (QED) is 0.513. The molecule has 0 fully saturated rings. The summed E-state index contributed by atoms with van der Waals surface area (Å²) in [6.07, 6.45) is 1.23. The topological polar surface area (TPSA) is 105 Å². The first-order valence-electron chi connectivity index (χ1n) is 6.04. The first-order chi connectivity index (χ1) is 10.5. The summed E-state index contributed by atoms with van der Waals surface area (Å²) in [6, 6.07) is 10.1. The number of nitrogens with zero attached hydrogens (tertiary/aromatic N) is 2. The number of hydrogen-bond donors (Lipinski definition) is 2. The second kappa shape index (κ2) is 6.68. The molecule has 0 unspecified atom stereocenters. The van der Waals surface area contributed by atoms with Gasteiger partial charge in [-0.2, -0.15) is 5.10 Å². The SMILES string of the molecule is O=C(NN=Cc1ccc(O)c([N+](=O)[O-])c1)c1cccc(Cl)c1.